The normalized spacial score (nSPS) is 11.9. The number of sulfone groups is 1. The van der Waals surface area contributed by atoms with Gasteiger partial charge in [-0.05, 0) is 48.9 Å². The highest BCUT2D eigenvalue weighted by atomic mass is 32.2. The number of carbonyl (C=O) groups is 1. The maximum Gasteiger partial charge on any atom is 0.257 e. The van der Waals surface area contributed by atoms with E-state index in [1.165, 1.54) is 37.4 Å². The maximum absolute atomic E-state index is 13.7. The molecule has 2 aromatic carbocycles. The minimum Gasteiger partial charge on any atom is -0.322 e. The third-order valence-corrected chi connectivity index (χ3v) is 8.04. The molecule has 0 heterocycles. The summed E-state index contributed by atoms with van der Waals surface area (Å²) in [6.07, 6.45) is 5.60. The molecule has 1 amide bonds. The van der Waals surface area contributed by atoms with Gasteiger partial charge in [0.25, 0.3) is 5.91 Å². The summed E-state index contributed by atoms with van der Waals surface area (Å²) in [6.45, 7) is 2.09. The number of hydrogen-bond donors (Lipinski definition) is 1. The van der Waals surface area contributed by atoms with E-state index in [0.29, 0.717) is 12.1 Å². The SMILES string of the molecule is CCCCCCCS(=O)(=O)c1ccc(NC(=O)c2cc(F)ccc2N(C)S(C)(=O)=O)cc1. The molecule has 2 aromatic rings. The Morgan fingerprint density at radius 1 is 0.969 bits per heavy atom. The minimum absolute atomic E-state index is 0.0219. The highest BCUT2D eigenvalue weighted by Crippen LogP contribution is 2.24. The molecule has 0 aliphatic carbocycles. The molecule has 0 radical (unpaired) electrons. The van der Waals surface area contributed by atoms with E-state index in [1.54, 1.807) is 0 Å². The van der Waals surface area contributed by atoms with Gasteiger partial charge < -0.3 is 5.32 Å². The molecule has 10 heteroatoms. The zero-order valence-electron chi connectivity index (χ0n) is 18.5. The fourth-order valence-corrected chi connectivity index (χ4v) is 4.99. The van der Waals surface area contributed by atoms with Gasteiger partial charge in [0.2, 0.25) is 10.0 Å². The van der Waals surface area contributed by atoms with Gasteiger partial charge in [-0.15, -0.1) is 0 Å². The van der Waals surface area contributed by atoms with Crippen molar-refractivity contribution in [2.24, 2.45) is 0 Å². The first-order valence-corrected chi connectivity index (χ1v) is 13.8. The Labute approximate surface area is 189 Å². The van der Waals surface area contributed by atoms with E-state index in [9.17, 15) is 26.0 Å². The van der Waals surface area contributed by atoms with Crippen LogP contribution in [-0.2, 0) is 19.9 Å². The van der Waals surface area contributed by atoms with Crippen LogP contribution in [0.25, 0.3) is 0 Å². The van der Waals surface area contributed by atoms with Crippen molar-refractivity contribution in [3.63, 3.8) is 0 Å². The number of sulfonamides is 1. The number of amides is 1. The number of rotatable bonds is 11. The van der Waals surface area contributed by atoms with E-state index in [2.05, 4.69) is 12.2 Å². The van der Waals surface area contributed by atoms with Crippen LogP contribution in [0.1, 0.15) is 49.4 Å². The van der Waals surface area contributed by atoms with Gasteiger partial charge >= 0.3 is 0 Å². The summed E-state index contributed by atoms with van der Waals surface area (Å²) in [5, 5.41) is 2.56. The van der Waals surface area contributed by atoms with E-state index in [-0.39, 0.29) is 21.9 Å². The lowest BCUT2D eigenvalue weighted by molar-refractivity contribution is 0.102. The summed E-state index contributed by atoms with van der Waals surface area (Å²) in [6, 6.07) is 8.93. The van der Waals surface area contributed by atoms with Crippen LogP contribution in [0.2, 0.25) is 0 Å². The van der Waals surface area contributed by atoms with Crippen molar-refractivity contribution in [2.75, 3.05) is 28.7 Å². The van der Waals surface area contributed by atoms with Gasteiger partial charge in [0.05, 0.1) is 28.2 Å². The van der Waals surface area contributed by atoms with Crippen LogP contribution in [0.3, 0.4) is 0 Å². The molecule has 0 fully saturated rings. The highest BCUT2D eigenvalue weighted by molar-refractivity contribution is 7.92. The van der Waals surface area contributed by atoms with Crippen molar-refractivity contribution in [3.8, 4) is 0 Å². The second kappa shape index (κ2) is 10.9. The largest absolute Gasteiger partial charge is 0.322 e. The second-order valence-electron chi connectivity index (χ2n) is 7.60. The lowest BCUT2D eigenvalue weighted by Gasteiger charge is -2.20. The van der Waals surface area contributed by atoms with Crippen molar-refractivity contribution >= 4 is 37.1 Å². The Bertz CT molecular complexity index is 1150. The van der Waals surface area contributed by atoms with Gasteiger partial charge in [0.15, 0.2) is 9.84 Å². The summed E-state index contributed by atoms with van der Waals surface area (Å²) >= 11 is 0. The molecule has 0 aliphatic heterocycles. The minimum atomic E-state index is -3.67. The van der Waals surface area contributed by atoms with Crippen molar-refractivity contribution in [1.29, 1.82) is 0 Å². The molecule has 0 atom stereocenters. The highest BCUT2D eigenvalue weighted by Gasteiger charge is 2.21. The number of nitrogens with zero attached hydrogens (tertiary/aromatic N) is 1. The van der Waals surface area contributed by atoms with Gasteiger partial charge in [0, 0.05) is 12.7 Å². The van der Waals surface area contributed by atoms with Crippen LogP contribution < -0.4 is 9.62 Å². The summed E-state index contributed by atoms with van der Waals surface area (Å²) in [4.78, 5) is 12.9. The lowest BCUT2D eigenvalue weighted by atomic mass is 10.1. The Balaban J connectivity index is 2.15. The Morgan fingerprint density at radius 2 is 1.59 bits per heavy atom. The van der Waals surface area contributed by atoms with E-state index in [0.717, 1.165) is 48.4 Å². The second-order valence-corrected chi connectivity index (χ2v) is 11.7. The van der Waals surface area contributed by atoms with Crippen molar-refractivity contribution in [2.45, 2.75) is 43.9 Å². The topological polar surface area (TPSA) is 101 Å². The number of unbranched alkanes of at least 4 members (excludes halogenated alkanes) is 4. The van der Waals surface area contributed by atoms with E-state index < -0.39 is 31.6 Å². The predicted molar refractivity (Wildman–Crippen MR) is 125 cm³/mol. The first kappa shape index (κ1) is 25.8. The standard InChI is InChI=1S/C22H29FN2O5S2/c1-4-5-6-7-8-15-32(29,30)19-12-10-18(11-13-19)24-22(26)20-16-17(23)9-14-21(20)25(2)31(3,27)28/h9-14,16H,4-8,15H2,1-3H3,(H,24,26). The average Bonchev–Trinajstić information content (AvgIpc) is 2.72. The van der Waals surface area contributed by atoms with Crippen LogP contribution in [-0.4, -0.2) is 41.8 Å². The third kappa shape index (κ3) is 7.03. The van der Waals surface area contributed by atoms with Crippen molar-refractivity contribution in [3.05, 3.63) is 53.8 Å². The van der Waals surface area contributed by atoms with Crippen molar-refractivity contribution in [1.82, 2.24) is 0 Å². The molecule has 0 aromatic heterocycles. The number of anilines is 2. The number of benzene rings is 2. The van der Waals surface area contributed by atoms with Gasteiger partial charge in [-0.1, -0.05) is 32.6 Å². The fraction of sp³-hybridized carbons (Fsp3) is 0.409. The van der Waals surface area contributed by atoms with Crippen LogP contribution >= 0.6 is 0 Å². The van der Waals surface area contributed by atoms with E-state index >= 15 is 0 Å². The average molecular weight is 485 g/mol. The predicted octanol–water partition coefficient (Wildman–Crippen LogP) is 4.22. The summed E-state index contributed by atoms with van der Waals surface area (Å²) in [5.41, 5.74) is 0.157. The Hall–Kier alpha value is -2.46. The van der Waals surface area contributed by atoms with Gasteiger partial charge in [-0.3, -0.25) is 9.10 Å². The molecule has 0 unspecified atom stereocenters. The van der Waals surface area contributed by atoms with Crippen molar-refractivity contribution < 1.29 is 26.0 Å². The molecule has 176 valence electrons. The molecule has 0 saturated heterocycles. The number of nitrogens with one attached hydrogen (secondary N) is 1. The molecule has 0 spiro atoms. The first-order valence-electron chi connectivity index (χ1n) is 10.3. The Morgan fingerprint density at radius 3 is 2.19 bits per heavy atom. The summed E-state index contributed by atoms with van der Waals surface area (Å²) in [5.74, 6) is -1.35. The molecule has 1 N–H and O–H groups in total. The van der Waals surface area contributed by atoms with E-state index in [1.807, 2.05) is 0 Å². The van der Waals surface area contributed by atoms with Gasteiger partial charge in [-0.2, -0.15) is 0 Å². The molecule has 32 heavy (non-hydrogen) atoms. The monoisotopic (exact) mass is 484 g/mol. The van der Waals surface area contributed by atoms with Crippen LogP contribution in [0.15, 0.2) is 47.4 Å². The van der Waals surface area contributed by atoms with Crippen LogP contribution in [0.5, 0.6) is 0 Å². The molecular formula is C22H29FN2O5S2. The molecule has 2 rings (SSSR count). The summed E-state index contributed by atoms with van der Waals surface area (Å²) in [7, 11) is -5.82. The lowest BCUT2D eigenvalue weighted by Crippen LogP contribution is -2.27. The van der Waals surface area contributed by atoms with E-state index in [4.69, 9.17) is 0 Å². The third-order valence-electron chi connectivity index (χ3n) is 5.03. The first-order chi connectivity index (χ1) is 15.0. The maximum atomic E-state index is 13.7. The smallest absolute Gasteiger partial charge is 0.257 e. The quantitative estimate of drug-likeness (QED) is 0.481. The number of carbonyl (C=O) groups excluding carboxylic acids is 1. The van der Waals surface area contributed by atoms with Gasteiger partial charge in [0.1, 0.15) is 5.82 Å². The molecule has 7 nitrogen and oxygen atoms in total. The summed E-state index contributed by atoms with van der Waals surface area (Å²) < 4.78 is 63.3. The number of halogens is 1. The number of hydrogen-bond acceptors (Lipinski definition) is 5. The molecule has 0 bridgehead atoms. The molecule has 0 saturated carbocycles. The van der Waals surface area contributed by atoms with Crippen LogP contribution in [0, 0.1) is 5.82 Å². The zero-order chi connectivity index (χ0) is 23.9. The molecular weight excluding hydrogens is 455 g/mol. The zero-order valence-corrected chi connectivity index (χ0v) is 20.1. The van der Waals surface area contributed by atoms with Crippen LogP contribution in [0.4, 0.5) is 15.8 Å². The fourth-order valence-electron chi connectivity index (χ4n) is 3.10. The Kier molecular flexibility index (Phi) is 8.80. The molecule has 0 aliphatic rings. The van der Waals surface area contributed by atoms with Gasteiger partial charge in [-0.25, -0.2) is 21.2 Å².